The Kier molecular flexibility index (Phi) is 2.65. The maximum absolute atomic E-state index is 5.48. The Morgan fingerprint density at radius 2 is 2.30 bits per heavy atom. The molecule has 3 nitrogen and oxygen atoms in total. The number of hydrogen-bond acceptors (Lipinski definition) is 3. The van der Waals surface area contributed by atoms with Crippen LogP contribution in [0.1, 0.15) is 0 Å². The highest BCUT2D eigenvalue weighted by Gasteiger charge is 2.31. The minimum Gasteiger partial charge on any atom is -0.329 e. The molecule has 60 valence electrons. The summed E-state index contributed by atoms with van der Waals surface area (Å²) in [5, 5.41) is 0. The van der Waals surface area contributed by atoms with Crippen LogP contribution in [0.25, 0.3) is 0 Å². The largest absolute Gasteiger partial charge is 0.329 e. The fourth-order valence-electron chi connectivity index (χ4n) is 1.05. The van der Waals surface area contributed by atoms with E-state index in [1.165, 1.54) is 13.1 Å². The van der Waals surface area contributed by atoms with Crippen molar-refractivity contribution >= 4 is 0 Å². The molecule has 1 rings (SSSR count). The molecule has 2 unspecified atom stereocenters. The van der Waals surface area contributed by atoms with Crippen molar-refractivity contribution in [1.29, 1.82) is 0 Å². The molecule has 2 atom stereocenters. The molecular formula is C7H17N3. The van der Waals surface area contributed by atoms with Gasteiger partial charge in [0.2, 0.25) is 0 Å². The lowest BCUT2D eigenvalue weighted by atomic mass is 10.5. The van der Waals surface area contributed by atoms with Crippen LogP contribution in [0.5, 0.6) is 0 Å². The van der Waals surface area contributed by atoms with Gasteiger partial charge in [0.15, 0.2) is 0 Å². The second-order valence-corrected chi connectivity index (χ2v) is 3.19. The lowest BCUT2D eigenvalue weighted by Crippen LogP contribution is -2.23. The van der Waals surface area contributed by atoms with Crippen LogP contribution in [-0.4, -0.2) is 56.1 Å². The zero-order valence-electron chi connectivity index (χ0n) is 6.88. The zero-order chi connectivity index (χ0) is 7.56. The molecule has 1 aliphatic heterocycles. The highest BCUT2D eigenvalue weighted by Crippen LogP contribution is 2.13. The van der Waals surface area contributed by atoms with Crippen LogP contribution >= 0.6 is 0 Å². The Labute approximate surface area is 62.8 Å². The topological polar surface area (TPSA) is 32.3 Å². The first-order chi connectivity index (χ1) is 4.74. The van der Waals surface area contributed by atoms with E-state index in [0.29, 0.717) is 6.04 Å². The SMILES string of the molecule is CN(C)CCN1CC1CN. The van der Waals surface area contributed by atoms with Gasteiger partial charge in [0.25, 0.3) is 0 Å². The van der Waals surface area contributed by atoms with Crippen molar-refractivity contribution in [3.8, 4) is 0 Å². The van der Waals surface area contributed by atoms with Crippen molar-refractivity contribution in [3.63, 3.8) is 0 Å². The minimum absolute atomic E-state index is 0.694. The van der Waals surface area contributed by atoms with Crippen LogP contribution < -0.4 is 5.73 Å². The molecule has 0 aromatic carbocycles. The summed E-state index contributed by atoms with van der Waals surface area (Å²) in [4.78, 5) is 4.60. The number of likely N-dealkylation sites (N-methyl/N-ethyl adjacent to an activating group) is 1. The molecule has 0 aliphatic carbocycles. The normalized spacial score (nSPS) is 31.2. The van der Waals surface area contributed by atoms with Crippen LogP contribution in [0.4, 0.5) is 0 Å². The first kappa shape index (κ1) is 7.98. The summed E-state index contributed by atoms with van der Waals surface area (Å²) in [5.41, 5.74) is 5.48. The fraction of sp³-hybridized carbons (Fsp3) is 1.00. The highest BCUT2D eigenvalue weighted by atomic mass is 15.3. The molecule has 3 heteroatoms. The predicted octanol–water partition coefficient (Wildman–Crippen LogP) is -0.809. The Morgan fingerprint density at radius 1 is 1.60 bits per heavy atom. The van der Waals surface area contributed by atoms with Gasteiger partial charge in [0, 0.05) is 32.2 Å². The van der Waals surface area contributed by atoms with Gasteiger partial charge in [0.1, 0.15) is 0 Å². The maximum atomic E-state index is 5.48. The third-order valence-electron chi connectivity index (χ3n) is 1.93. The Morgan fingerprint density at radius 3 is 2.70 bits per heavy atom. The Bertz CT molecular complexity index is 103. The van der Waals surface area contributed by atoms with Crippen LogP contribution in [0.15, 0.2) is 0 Å². The van der Waals surface area contributed by atoms with Crippen molar-refractivity contribution < 1.29 is 0 Å². The van der Waals surface area contributed by atoms with Gasteiger partial charge in [-0.05, 0) is 14.1 Å². The molecule has 1 heterocycles. The molecule has 0 amide bonds. The summed E-state index contributed by atoms with van der Waals surface area (Å²) in [7, 11) is 4.20. The molecule has 0 bridgehead atoms. The van der Waals surface area contributed by atoms with E-state index in [4.69, 9.17) is 5.73 Å². The summed E-state index contributed by atoms with van der Waals surface area (Å²) in [5.74, 6) is 0. The van der Waals surface area contributed by atoms with Gasteiger partial charge in [-0.25, -0.2) is 0 Å². The minimum atomic E-state index is 0.694. The standard InChI is InChI=1S/C7H17N3/c1-9(2)3-4-10-6-7(10)5-8/h7H,3-6,8H2,1-2H3. The van der Waals surface area contributed by atoms with Gasteiger partial charge in [-0.1, -0.05) is 0 Å². The first-order valence-corrected chi connectivity index (χ1v) is 3.83. The number of rotatable bonds is 4. The Balaban J connectivity index is 1.96. The van der Waals surface area contributed by atoms with E-state index in [9.17, 15) is 0 Å². The van der Waals surface area contributed by atoms with Crippen LogP contribution in [0, 0.1) is 0 Å². The fourth-order valence-corrected chi connectivity index (χ4v) is 1.05. The van der Waals surface area contributed by atoms with Gasteiger partial charge in [-0.15, -0.1) is 0 Å². The van der Waals surface area contributed by atoms with Crippen molar-refractivity contribution in [1.82, 2.24) is 9.80 Å². The summed E-state index contributed by atoms with van der Waals surface area (Å²) < 4.78 is 0. The van der Waals surface area contributed by atoms with E-state index < -0.39 is 0 Å². The van der Waals surface area contributed by atoms with Crippen molar-refractivity contribution in [3.05, 3.63) is 0 Å². The number of hydrogen-bond donors (Lipinski definition) is 1. The monoisotopic (exact) mass is 143 g/mol. The molecule has 1 saturated heterocycles. The van der Waals surface area contributed by atoms with Crippen molar-refractivity contribution in [2.24, 2.45) is 5.73 Å². The second kappa shape index (κ2) is 3.32. The smallest absolute Gasteiger partial charge is 0.0347 e. The molecule has 10 heavy (non-hydrogen) atoms. The summed E-state index contributed by atoms with van der Waals surface area (Å²) in [6.07, 6.45) is 0. The van der Waals surface area contributed by atoms with Crippen LogP contribution in [-0.2, 0) is 0 Å². The maximum Gasteiger partial charge on any atom is 0.0347 e. The first-order valence-electron chi connectivity index (χ1n) is 3.83. The third kappa shape index (κ3) is 2.25. The molecule has 0 aromatic rings. The van der Waals surface area contributed by atoms with Crippen LogP contribution in [0.2, 0.25) is 0 Å². The van der Waals surface area contributed by atoms with Gasteiger partial charge >= 0.3 is 0 Å². The van der Waals surface area contributed by atoms with E-state index in [1.807, 2.05) is 0 Å². The molecule has 2 N–H and O–H groups in total. The van der Waals surface area contributed by atoms with E-state index in [2.05, 4.69) is 23.9 Å². The predicted molar refractivity (Wildman–Crippen MR) is 43.0 cm³/mol. The quantitative estimate of drug-likeness (QED) is 0.522. The zero-order valence-corrected chi connectivity index (χ0v) is 6.88. The lowest BCUT2D eigenvalue weighted by molar-refractivity contribution is 0.359. The molecule has 0 spiro atoms. The van der Waals surface area contributed by atoms with E-state index in [1.54, 1.807) is 0 Å². The lowest BCUT2D eigenvalue weighted by Gasteiger charge is -2.09. The van der Waals surface area contributed by atoms with E-state index in [0.717, 1.165) is 13.1 Å². The molecule has 0 aromatic heterocycles. The van der Waals surface area contributed by atoms with Gasteiger partial charge in [-0.3, -0.25) is 4.90 Å². The average Bonchev–Trinajstić information content (AvgIpc) is 2.61. The average molecular weight is 143 g/mol. The third-order valence-corrected chi connectivity index (χ3v) is 1.93. The van der Waals surface area contributed by atoms with Gasteiger partial charge in [-0.2, -0.15) is 0 Å². The molecule has 0 radical (unpaired) electrons. The number of nitrogens with zero attached hydrogens (tertiary/aromatic N) is 2. The van der Waals surface area contributed by atoms with Crippen molar-refractivity contribution in [2.75, 3.05) is 40.3 Å². The summed E-state index contributed by atoms with van der Waals surface area (Å²) in [6.45, 7) is 4.36. The second-order valence-electron chi connectivity index (χ2n) is 3.19. The molecule has 0 saturated carbocycles. The number of nitrogens with two attached hydrogens (primary N) is 1. The summed E-state index contributed by atoms with van der Waals surface area (Å²) in [6, 6.07) is 0.694. The van der Waals surface area contributed by atoms with Crippen LogP contribution in [0.3, 0.4) is 0 Å². The highest BCUT2D eigenvalue weighted by molar-refractivity contribution is 4.89. The van der Waals surface area contributed by atoms with E-state index >= 15 is 0 Å². The van der Waals surface area contributed by atoms with Gasteiger partial charge < -0.3 is 10.6 Å². The van der Waals surface area contributed by atoms with Gasteiger partial charge in [0.05, 0.1) is 0 Å². The molecule has 1 aliphatic rings. The van der Waals surface area contributed by atoms with Crippen molar-refractivity contribution in [2.45, 2.75) is 6.04 Å². The van der Waals surface area contributed by atoms with E-state index in [-0.39, 0.29) is 0 Å². The molecule has 1 fully saturated rings. The summed E-state index contributed by atoms with van der Waals surface area (Å²) >= 11 is 0. The molecular weight excluding hydrogens is 126 g/mol. The Hall–Kier alpha value is -0.120.